The molecule has 0 spiro atoms. The smallest absolute Gasteiger partial charge is 0.257 e. The van der Waals surface area contributed by atoms with E-state index in [1.54, 1.807) is 18.4 Å². The van der Waals surface area contributed by atoms with Crippen LogP contribution in [0.3, 0.4) is 0 Å². The van der Waals surface area contributed by atoms with Gasteiger partial charge in [-0.2, -0.15) is 0 Å². The molecule has 5 nitrogen and oxygen atoms in total. The molecule has 2 heterocycles. The highest BCUT2D eigenvalue weighted by molar-refractivity contribution is 7.22. The summed E-state index contributed by atoms with van der Waals surface area (Å²) in [6.07, 6.45) is 0. The molecule has 140 valence electrons. The lowest BCUT2D eigenvalue weighted by Gasteiger charge is -2.34. The summed E-state index contributed by atoms with van der Waals surface area (Å²) in [5, 5.41) is 1.73. The number of anilines is 1. The van der Waals surface area contributed by atoms with E-state index in [2.05, 4.69) is 4.90 Å². The molecule has 1 aromatic heterocycles. The molecule has 1 saturated heterocycles. The highest BCUT2D eigenvalue weighted by Crippen LogP contribution is 2.34. The largest absolute Gasteiger partial charge is 0.496 e. The van der Waals surface area contributed by atoms with Crippen molar-refractivity contribution in [3.63, 3.8) is 0 Å². The van der Waals surface area contributed by atoms with Crippen LogP contribution in [0.25, 0.3) is 10.2 Å². The predicted octanol–water partition coefficient (Wildman–Crippen LogP) is 4.23. The molecule has 0 radical (unpaired) electrons. The molecule has 0 N–H and O–H groups in total. The maximum Gasteiger partial charge on any atom is 0.257 e. The molecule has 0 aliphatic carbocycles. The van der Waals surface area contributed by atoms with Crippen LogP contribution < -0.4 is 9.64 Å². The van der Waals surface area contributed by atoms with Crippen LogP contribution >= 0.6 is 22.9 Å². The van der Waals surface area contributed by atoms with Crippen molar-refractivity contribution in [1.29, 1.82) is 0 Å². The molecule has 0 saturated carbocycles. The first-order chi connectivity index (χ1) is 13.1. The number of thiazole rings is 1. The van der Waals surface area contributed by atoms with Gasteiger partial charge in [-0.1, -0.05) is 35.1 Å². The third-order valence-electron chi connectivity index (χ3n) is 4.91. The summed E-state index contributed by atoms with van der Waals surface area (Å²) in [7, 11) is 1.59. The Kier molecular flexibility index (Phi) is 4.93. The van der Waals surface area contributed by atoms with E-state index < -0.39 is 0 Å². The van der Waals surface area contributed by atoms with Gasteiger partial charge in [0.2, 0.25) is 0 Å². The maximum atomic E-state index is 12.8. The van der Waals surface area contributed by atoms with Crippen LogP contribution in [0.4, 0.5) is 5.13 Å². The Morgan fingerprint density at radius 3 is 2.63 bits per heavy atom. The van der Waals surface area contributed by atoms with Crippen molar-refractivity contribution in [3.8, 4) is 5.75 Å². The second-order valence-electron chi connectivity index (χ2n) is 6.50. The van der Waals surface area contributed by atoms with Crippen LogP contribution in [0.1, 0.15) is 15.9 Å². The number of benzene rings is 2. The van der Waals surface area contributed by atoms with E-state index in [4.69, 9.17) is 21.3 Å². The maximum absolute atomic E-state index is 12.8. The molecule has 1 fully saturated rings. The minimum absolute atomic E-state index is 0.0130. The number of carbonyl (C=O) groups excluding carboxylic acids is 1. The lowest BCUT2D eigenvalue weighted by molar-refractivity contribution is 0.0743. The summed E-state index contributed by atoms with van der Waals surface area (Å²) >= 11 is 7.89. The van der Waals surface area contributed by atoms with Crippen molar-refractivity contribution in [2.45, 2.75) is 6.92 Å². The predicted molar refractivity (Wildman–Crippen MR) is 110 cm³/mol. The monoisotopic (exact) mass is 401 g/mol. The van der Waals surface area contributed by atoms with Gasteiger partial charge in [0.25, 0.3) is 5.91 Å². The molecule has 4 rings (SSSR count). The average Bonchev–Trinajstić information content (AvgIpc) is 3.15. The minimum Gasteiger partial charge on any atom is -0.496 e. The average molecular weight is 402 g/mol. The summed E-state index contributed by atoms with van der Waals surface area (Å²) in [5.41, 5.74) is 2.59. The molecule has 3 aromatic rings. The number of aryl methyl sites for hydroxylation is 1. The Balaban J connectivity index is 1.49. The summed E-state index contributed by atoms with van der Waals surface area (Å²) in [6.45, 7) is 4.83. The molecule has 7 heteroatoms. The zero-order chi connectivity index (χ0) is 19.0. The summed E-state index contributed by atoms with van der Waals surface area (Å²) < 4.78 is 6.46. The molecule has 2 aromatic carbocycles. The number of para-hydroxylation sites is 1. The third kappa shape index (κ3) is 3.35. The van der Waals surface area contributed by atoms with Gasteiger partial charge in [-0.3, -0.25) is 4.79 Å². The van der Waals surface area contributed by atoms with Crippen molar-refractivity contribution in [2.24, 2.45) is 0 Å². The van der Waals surface area contributed by atoms with E-state index in [9.17, 15) is 4.79 Å². The fourth-order valence-electron chi connectivity index (χ4n) is 3.32. The number of aromatic nitrogens is 1. The zero-order valence-electron chi connectivity index (χ0n) is 15.2. The van der Waals surface area contributed by atoms with Crippen LogP contribution in [0.5, 0.6) is 5.75 Å². The molecular weight excluding hydrogens is 382 g/mol. The molecule has 0 bridgehead atoms. The highest BCUT2D eigenvalue weighted by Gasteiger charge is 2.25. The van der Waals surface area contributed by atoms with E-state index in [1.807, 2.05) is 48.2 Å². The standard InChI is InChI=1S/C20H20ClN3O2S/c1-13-15(21)7-8-17-18(13)22-20(27-17)24-11-9-23(10-12-24)19(25)14-5-3-4-6-16(14)26-2/h3-8H,9-12H2,1-2H3. The number of piperazine rings is 1. The van der Waals surface area contributed by atoms with Gasteiger partial charge in [0, 0.05) is 31.2 Å². The number of hydrogen-bond donors (Lipinski definition) is 0. The topological polar surface area (TPSA) is 45.7 Å². The fraction of sp³-hybridized carbons (Fsp3) is 0.300. The van der Waals surface area contributed by atoms with Gasteiger partial charge in [-0.25, -0.2) is 4.98 Å². The lowest BCUT2D eigenvalue weighted by atomic mass is 10.1. The first-order valence-corrected chi connectivity index (χ1v) is 10.0. The number of halogens is 1. The quantitative estimate of drug-likeness (QED) is 0.658. The Labute approximate surface area is 167 Å². The summed E-state index contributed by atoms with van der Waals surface area (Å²) in [4.78, 5) is 21.8. The van der Waals surface area contributed by atoms with Crippen LogP contribution in [0.15, 0.2) is 36.4 Å². The molecule has 1 aliphatic heterocycles. The van der Waals surface area contributed by atoms with E-state index in [-0.39, 0.29) is 5.91 Å². The van der Waals surface area contributed by atoms with Crippen molar-refractivity contribution >= 4 is 44.2 Å². The molecule has 1 aliphatic rings. The van der Waals surface area contributed by atoms with Crippen LogP contribution in [0, 0.1) is 6.92 Å². The first-order valence-electron chi connectivity index (χ1n) is 8.81. The fourth-order valence-corrected chi connectivity index (χ4v) is 4.55. The van der Waals surface area contributed by atoms with Crippen molar-refractivity contribution in [2.75, 3.05) is 38.2 Å². The zero-order valence-corrected chi connectivity index (χ0v) is 16.8. The normalized spacial score (nSPS) is 14.6. The lowest BCUT2D eigenvalue weighted by Crippen LogP contribution is -2.48. The van der Waals surface area contributed by atoms with Gasteiger partial charge in [-0.05, 0) is 36.8 Å². The molecule has 0 unspecified atom stereocenters. The Bertz CT molecular complexity index is 996. The SMILES string of the molecule is COc1ccccc1C(=O)N1CCN(c2nc3c(C)c(Cl)ccc3s2)CC1. The second kappa shape index (κ2) is 7.37. The van der Waals surface area contributed by atoms with Gasteiger partial charge < -0.3 is 14.5 Å². The van der Waals surface area contributed by atoms with Gasteiger partial charge in [-0.15, -0.1) is 0 Å². The van der Waals surface area contributed by atoms with Crippen LogP contribution in [0.2, 0.25) is 5.02 Å². The highest BCUT2D eigenvalue weighted by atomic mass is 35.5. The molecular formula is C20H20ClN3O2S. The number of fused-ring (bicyclic) bond motifs is 1. The van der Waals surface area contributed by atoms with E-state index in [1.165, 1.54) is 0 Å². The molecule has 0 atom stereocenters. The van der Waals surface area contributed by atoms with Crippen molar-refractivity contribution in [1.82, 2.24) is 9.88 Å². The van der Waals surface area contributed by atoms with Gasteiger partial charge in [0.1, 0.15) is 5.75 Å². The number of methoxy groups -OCH3 is 1. The van der Waals surface area contributed by atoms with E-state index in [0.29, 0.717) is 24.4 Å². The van der Waals surface area contributed by atoms with Gasteiger partial charge in [0.05, 0.1) is 22.9 Å². The number of amides is 1. The van der Waals surface area contributed by atoms with Crippen molar-refractivity contribution in [3.05, 3.63) is 52.5 Å². The first kappa shape index (κ1) is 18.1. The van der Waals surface area contributed by atoms with Gasteiger partial charge >= 0.3 is 0 Å². The molecule has 1 amide bonds. The van der Waals surface area contributed by atoms with E-state index in [0.717, 1.165) is 39.0 Å². The summed E-state index contributed by atoms with van der Waals surface area (Å²) in [5.74, 6) is 0.627. The molecule has 27 heavy (non-hydrogen) atoms. The van der Waals surface area contributed by atoms with Gasteiger partial charge in [0.15, 0.2) is 5.13 Å². The van der Waals surface area contributed by atoms with Crippen LogP contribution in [-0.2, 0) is 0 Å². The Morgan fingerprint density at radius 2 is 1.89 bits per heavy atom. The Morgan fingerprint density at radius 1 is 1.15 bits per heavy atom. The van der Waals surface area contributed by atoms with Crippen LogP contribution in [-0.4, -0.2) is 49.1 Å². The second-order valence-corrected chi connectivity index (χ2v) is 7.91. The minimum atomic E-state index is 0.0130. The Hall–Kier alpha value is -2.31. The third-order valence-corrected chi connectivity index (χ3v) is 6.40. The number of ether oxygens (including phenoxy) is 1. The number of rotatable bonds is 3. The number of carbonyl (C=O) groups is 1. The number of nitrogens with zero attached hydrogens (tertiary/aromatic N) is 3. The summed E-state index contributed by atoms with van der Waals surface area (Å²) in [6, 6.07) is 11.3. The van der Waals surface area contributed by atoms with E-state index >= 15 is 0 Å². The van der Waals surface area contributed by atoms with Crippen molar-refractivity contribution < 1.29 is 9.53 Å². The number of hydrogen-bond acceptors (Lipinski definition) is 5.